The lowest BCUT2D eigenvalue weighted by Crippen LogP contribution is -2.50. The number of halogens is 1. The Kier molecular flexibility index (Phi) is 6.25. The van der Waals surface area contributed by atoms with E-state index < -0.39 is 0 Å². The average Bonchev–Trinajstić information content (AvgIpc) is 2.89. The van der Waals surface area contributed by atoms with Crippen LogP contribution in [-0.4, -0.2) is 53.7 Å². The highest BCUT2D eigenvalue weighted by atomic mass is 35.5. The molecule has 0 amide bonds. The van der Waals surface area contributed by atoms with Gasteiger partial charge in [-0.25, -0.2) is 4.98 Å². The maximum absolute atomic E-state index is 8.36. The van der Waals surface area contributed by atoms with Crippen LogP contribution in [-0.2, 0) is 4.79 Å². The molecule has 6 heteroatoms. The summed E-state index contributed by atoms with van der Waals surface area (Å²) in [6.07, 6.45) is 5.83. The smallest absolute Gasteiger partial charge is 0.290 e. The first-order chi connectivity index (χ1) is 10.9. The van der Waals surface area contributed by atoms with Crippen LogP contribution in [0.4, 0.5) is 5.82 Å². The molecule has 0 bridgehead atoms. The predicted octanol–water partition coefficient (Wildman–Crippen LogP) is 3.14. The van der Waals surface area contributed by atoms with Crippen LogP contribution in [0.5, 0.6) is 0 Å². The van der Waals surface area contributed by atoms with Crippen molar-refractivity contribution in [2.45, 2.75) is 39.2 Å². The number of aromatic nitrogens is 1. The Morgan fingerprint density at radius 3 is 2.43 bits per heavy atom. The highest BCUT2D eigenvalue weighted by molar-refractivity contribution is 6.30. The summed E-state index contributed by atoms with van der Waals surface area (Å²) in [5, 5.41) is 7.60. The van der Waals surface area contributed by atoms with E-state index in [1.165, 1.54) is 19.3 Å². The predicted molar refractivity (Wildman–Crippen MR) is 93.1 cm³/mol. The van der Waals surface area contributed by atoms with Gasteiger partial charge >= 0.3 is 0 Å². The van der Waals surface area contributed by atoms with Crippen molar-refractivity contribution >= 4 is 23.9 Å². The number of anilines is 1. The quantitative estimate of drug-likeness (QED) is 0.839. The molecule has 5 nitrogen and oxygen atoms in total. The number of piperazine rings is 1. The fraction of sp³-hybridized carbons (Fsp3) is 0.647. The van der Waals surface area contributed by atoms with E-state index in [1.54, 1.807) is 6.20 Å². The van der Waals surface area contributed by atoms with Crippen molar-refractivity contribution < 1.29 is 9.90 Å². The Labute approximate surface area is 143 Å². The number of carboxylic acid groups (broad SMARTS) is 1. The van der Waals surface area contributed by atoms with Crippen LogP contribution in [0.25, 0.3) is 0 Å². The molecule has 128 valence electrons. The summed E-state index contributed by atoms with van der Waals surface area (Å²) in [4.78, 5) is 17.8. The fourth-order valence-electron chi connectivity index (χ4n) is 3.58. The standard InChI is InChI=1S/C16H24ClN3.CH2O2/c1-16(2)6-5-14(11-16)19-7-9-20(10-8-19)15-4-3-13(17)12-18-15;2-1-3/h3-4,12,14H,5-11H2,1-2H3;1H,(H,2,3). The molecule has 1 atom stereocenters. The first kappa shape index (κ1) is 18.0. The summed E-state index contributed by atoms with van der Waals surface area (Å²) >= 11 is 5.90. The molecule has 1 saturated carbocycles. The van der Waals surface area contributed by atoms with Crippen molar-refractivity contribution in [1.29, 1.82) is 0 Å². The molecule has 1 unspecified atom stereocenters. The molecular formula is C17H26ClN3O2. The van der Waals surface area contributed by atoms with Gasteiger partial charge in [0.15, 0.2) is 0 Å². The van der Waals surface area contributed by atoms with Crippen LogP contribution >= 0.6 is 11.6 Å². The number of rotatable bonds is 2. The number of hydrogen-bond donors (Lipinski definition) is 1. The molecule has 23 heavy (non-hydrogen) atoms. The van der Waals surface area contributed by atoms with E-state index in [4.69, 9.17) is 21.5 Å². The summed E-state index contributed by atoms with van der Waals surface area (Å²) < 4.78 is 0. The van der Waals surface area contributed by atoms with E-state index in [-0.39, 0.29) is 6.47 Å². The minimum absolute atomic E-state index is 0.250. The van der Waals surface area contributed by atoms with Gasteiger partial charge in [0.05, 0.1) is 5.02 Å². The van der Waals surface area contributed by atoms with Crippen molar-refractivity contribution in [3.05, 3.63) is 23.4 Å². The molecular weight excluding hydrogens is 314 g/mol. The third-order valence-electron chi connectivity index (χ3n) is 4.81. The zero-order chi connectivity index (χ0) is 16.9. The van der Waals surface area contributed by atoms with Gasteiger partial charge in [-0.1, -0.05) is 25.4 Å². The molecule has 2 heterocycles. The van der Waals surface area contributed by atoms with Gasteiger partial charge in [0, 0.05) is 38.4 Å². The maximum atomic E-state index is 8.36. The molecule has 1 aliphatic carbocycles. The fourth-order valence-corrected chi connectivity index (χ4v) is 3.69. The zero-order valence-corrected chi connectivity index (χ0v) is 14.7. The van der Waals surface area contributed by atoms with E-state index in [0.717, 1.165) is 38.0 Å². The second-order valence-corrected chi connectivity index (χ2v) is 7.46. The molecule has 1 aromatic rings. The number of nitrogens with zero attached hydrogens (tertiary/aromatic N) is 3. The third kappa shape index (κ3) is 5.08. The van der Waals surface area contributed by atoms with Crippen LogP contribution in [0, 0.1) is 5.41 Å². The van der Waals surface area contributed by atoms with Gasteiger partial charge in [-0.2, -0.15) is 0 Å². The van der Waals surface area contributed by atoms with Gasteiger partial charge in [-0.05, 0) is 36.8 Å². The summed E-state index contributed by atoms with van der Waals surface area (Å²) in [5.74, 6) is 1.06. The summed E-state index contributed by atoms with van der Waals surface area (Å²) in [6, 6.07) is 4.75. The molecule has 2 fully saturated rings. The zero-order valence-electron chi connectivity index (χ0n) is 13.9. The second kappa shape index (κ2) is 7.97. The molecule has 1 aliphatic heterocycles. The lowest BCUT2D eigenvalue weighted by molar-refractivity contribution is -0.122. The molecule has 0 aromatic carbocycles. The Hall–Kier alpha value is -1.33. The summed E-state index contributed by atoms with van der Waals surface area (Å²) in [7, 11) is 0. The Morgan fingerprint density at radius 2 is 1.96 bits per heavy atom. The molecule has 0 radical (unpaired) electrons. The lowest BCUT2D eigenvalue weighted by atomic mass is 9.91. The van der Waals surface area contributed by atoms with E-state index in [1.807, 2.05) is 12.1 Å². The van der Waals surface area contributed by atoms with Crippen molar-refractivity contribution in [1.82, 2.24) is 9.88 Å². The lowest BCUT2D eigenvalue weighted by Gasteiger charge is -2.39. The first-order valence-electron chi connectivity index (χ1n) is 8.13. The van der Waals surface area contributed by atoms with E-state index >= 15 is 0 Å². The maximum Gasteiger partial charge on any atom is 0.290 e. The van der Waals surface area contributed by atoms with Crippen molar-refractivity contribution in [3.63, 3.8) is 0 Å². The van der Waals surface area contributed by atoms with Crippen LogP contribution in [0.2, 0.25) is 5.02 Å². The van der Waals surface area contributed by atoms with Gasteiger partial charge in [-0.3, -0.25) is 9.69 Å². The highest BCUT2D eigenvalue weighted by Crippen LogP contribution is 2.39. The molecule has 0 spiro atoms. The van der Waals surface area contributed by atoms with Gasteiger partial charge in [0.2, 0.25) is 0 Å². The largest absolute Gasteiger partial charge is 0.483 e. The number of hydrogen-bond acceptors (Lipinski definition) is 4. The van der Waals surface area contributed by atoms with Gasteiger partial charge in [0.25, 0.3) is 6.47 Å². The SMILES string of the molecule is CC1(C)CCC(N2CCN(c3ccc(Cl)cn3)CC2)C1.O=CO. The van der Waals surface area contributed by atoms with Crippen molar-refractivity contribution in [3.8, 4) is 0 Å². The molecule has 1 aromatic heterocycles. The Bertz CT molecular complexity index is 499. The Morgan fingerprint density at radius 1 is 1.30 bits per heavy atom. The molecule has 2 aliphatic rings. The average molecular weight is 340 g/mol. The molecule has 3 rings (SSSR count). The topological polar surface area (TPSA) is 56.7 Å². The van der Waals surface area contributed by atoms with Crippen LogP contribution in [0.1, 0.15) is 33.1 Å². The monoisotopic (exact) mass is 339 g/mol. The van der Waals surface area contributed by atoms with E-state index in [2.05, 4.69) is 28.6 Å². The van der Waals surface area contributed by atoms with Crippen molar-refractivity contribution in [2.75, 3.05) is 31.1 Å². The van der Waals surface area contributed by atoms with E-state index in [9.17, 15) is 0 Å². The minimum Gasteiger partial charge on any atom is -0.483 e. The van der Waals surface area contributed by atoms with Crippen LogP contribution in [0.15, 0.2) is 18.3 Å². The van der Waals surface area contributed by atoms with Crippen LogP contribution < -0.4 is 4.90 Å². The summed E-state index contributed by atoms with van der Waals surface area (Å²) in [5.41, 5.74) is 0.541. The first-order valence-corrected chi connectivity index (χ1v) is 8.51. The van der Waals surface area contributed by atoms with Gasteiger partial charge in [0.1, 0.15) is 5.82 Å². The van der Waals surface area contributed by atoms with Gasteiger partial charge < -0.3 is 10.0 Å². The summed E-state index contributed by atoms with van der Waals surface area (Å²) in [6.45, 7) is 9.02. The minimum atomic E-state index is -0.250. The normalized spacial score (nSPS) is 24.0. The molecule has 1 N–H and O–H groups in total. The Balaban J connectivity index is 0.000000595. The number of pyridine rings is 1. The van der Waals surface area contributed by atoms with Crippen LogP contribution in [0.3, 0.4) is 0 Å². The third-order valence-corrected chi connectivity index (χ3v) is 5.03. The van der Waals surface area contributed by atoms with Gasteiger partial charge in [-0.15, -0.1) is 0 Å². The molecule has 1 saturated heterocycles. The highest BCUT2D eigenvalue weighted by Gasteiger charge is 2.35. The van der Waals surface area contributed by atoms with E-state index in [0.29, 0.717) is 10.4 Å². The second-order valence-electron chi connectivity index (χ2n) is 7.02. The van der Waals surface area contributed by atoms with Crippen molar-refractivity contribution in [2.24, 2.45) is 5.41 Å². The number of carbonyl (C=O) groups is 1.